The van der Waals surface area contributed by atoms with Crippen LogP contribution in [0.4, 0.5) is 8.78 Å². The Labute approximate surface area is 190 Å². The van der Waals surface area contributed by atoms with Crippen molar-refractivity contribution in [2.24, 2.45) is 5.84 Å². The highest BCUT2D eigenvalue weighted by Gasteiger charge is 2.15. The quantitative estimate of drug-likeness (QED) is 0.282. The van der Waals surface area contributed by atoms with Crippen LogP contribution in [0.3, 0.4) is 0 Å². The van der Waals surface area contributed by atoms with E-state index in [0.717, 1.165) is 39.9 Å². The number of fused-ring (bicyclic) bond motifs is 1. The number of nitrogens with two attached hydrogens (primary N) is 1. The minimum absolute atomic E-state index is 0.167. The highest BCUT2D eigenvalue weighted by atomic mass is 19.1. The van der Waals surface area contributed by atoms with Crippen LogP contribution in [0.1, 0.15) is 18.9 Å². The third kappa shape index (κ3) is 4.99. The fourth-order valence-corrected chi connectivity index (χ4v) is 3.64. The van der Waals surface area contributed by atoms with Gasteiger partial charge in [-0.15, -0.1) is 0 Å². The van der Waals surface area contributed by atoms with Gasteiger partial charge in [0.05, 0.1) is 12.3 Å². The van der Waals surface area contributed by atoms with Crippen molar-refractivity contribution >= 4 is 10.9 Å². The van der Waals surface area contributed by atoms with Crippen molar-refractivity contribution in [1.29, 1.82) is 0 Å². The molecule has 0 saturated carbocycles. The van der Waals surface area contributed by atoms with Crippen molar-refractivity contribution in [2.75, 3.05) is 6.61 Å². The lowest BCUT2D eigenvalue weighted by atomic mass is 9.98. The largest absolute Gasteiger partial charge is 0.491 e. The summed E-state index contributed by atoms with van der Waals surface area (Å²) in [4.78, 5) is 9.02. The molecule has 0 aliphatic carbocycles. The predicted octanol–water partition coefficient (Wildman–Crippen LogP) is 5.69. The number of nitrogens with one attached hydrogen (secondary N) is 1. The van der Waals surface area contributed by atoms with Gasteiger partial charge in [-0.2, -0.15) is 0 Å². The van der Waals surface area contributed by atoms with E-state index in [9.17, 15) is 8.78 Å². The lowest BCUT2D eigenvalue weighted by molar-refractivity contribution is 0.324. The minimum Gasteiger partial charge on any atom is -0.491 e. The van der Waals surface area contributed by atoms with Gasteiger partial charge in [0.1, 0.15) is 22.9 Å². The molecule has 3 N–H and O–H groups in total. The lowest BCUT2D eigenvalue weighted by Crippen LogP contribution is -2.14. The molecular formula is C26H24F2N4O. The standard InChI is InChI=1S/C26H24F2N4O/c1-16(14-31-29)7-9-33-25-12-19(22-13-20(27)5-6-23(22)28)11-21-17(2)10-24(32-26(21)25)18-4-3-8-30-15-18/h3-6,8,10-15,31H,7,9,29H2,1-2H3/b16-14+. The van der Waals surface area contributed by atoms with Crippen molar-refractivity contribution in [3.8, 4) is 28.1 Å². The third-order valence-corrected chi connectivity index (χ3v) is 5.37. The van der Waals surface area contributed by atoms with E-state index in [1.807, 2.05) is 38.1 Å². The molecule has 5 nitrogen and oxygen atoms in total. The maximum atomic E-state index is 14.6. The molecular weight excluding hydrogens is 422 g/mol. The summed E-state index contributed by atoms with van der Waals surface area (Å²) in [5.41, 5.74) is 7.42. The van der Waals surface area contributed by atoms with Crippen LogP contribution < -0.4 is 16.0 Å². The van der Waals surface area contributed by atoms with Crippen LogP contribution in [0.2, 0.25) is 0 Å². The molecule has 4 rings (SSSR count). The van der Waals surface area contributed by atoms with E-state index in [4.69, 9.17) is 15.6 Å². The van der Waals surface area contributed by atoms with Gasteiger partial charge in [0.15, 0.2) is 0 Å². The number of aromatic nitrogens is 2. The first-order valence-corrected chi connectivity index (χ1v) is 10.5. The molecule has 168 valence electrons. The van der Waals surface area contributed by atoms with Gasteiger partial charge < -0.3 is 10.2 Å². The number of nitrogens with zero attached hydrogens (tertiary/aromatic N) is 2. The Kier molecular flexibility index (Phi) is 6.60. The smallest absolute Gasteiger partial charge is 0.146 e. The fraction of sp³-hybridized carbons (Fsp3) is 0.154. The zero-order valence-corrected chi connectivity index (χ0v) is 18.4. The highest BCUT2D eigenvalue weighted by Crippen LogP contribution is 2.36. The molecule has 0 spiro atoms. The number of aryl methyl sites for hydroxylation is 1. The molecule has 0 fully saturated rings. The Bertz CT molecular complexity index is 1320. The van der Waals surface area contributed by atoms with Crippen LogP contribution in [0, 0.1) is 18.6 Å². The van der Waals surface area contributed by atoms with E-state index >= 15 is 0 Å². The first kappa shape index (κ1) is 22.4. The molecule has 2 aromatic carbocycles. The van der Waals surface area contributed by atoms with E-state index in [-0.39, 0.29) is 5.56 Å². The number of hydrogen-bond donors (Lipinski definition) is 2. The second kappa shape index (κ2) is 9.75. The summed E-state index contributed by atoms with van der Waals surface area (Å²) < 4.78 is 34.6. The monoisotopic (exact) mass is 446 g/mol. The Balaban J connectivity index is 1.85. The van der Waals surface area contributed by atoms with Gasteiger partial charge in [-0.1, -0.05) is 5.57 Å². The Morgan fingerprint density at radius 2 is 1.97 bits per heavy atom. The van der Waals surface area contributed by atoms with Crippen molar-refractivity contribution in [2.45, 2.75) is 20.3 Å². The first-order chi connectivity index (χ1) is 16.0. The summed E-state index contributed by atoms with van der Waals surface area (Å²) in [5.74, 6) is 4.82. The molecule has 2 heterocycles. The van der Waals surface area contributed by atoms with Crippen LogP contribution in [-0.4, -0.2) is 16.6 Å². The van der Waals surface area contributed by atoms with Crippen molar-refractivity contribution in [1.82, 2.24) is 15.4 Å². The van der Waals surface area contributed by atoms with Gasteiger partial charge in [0.2, 0.25) is 0 Å². The van der Waals surface area contributed by atoms with Crippen molar-refractivity contribution in [3.05, 3.63) is 89.9 Å². The Morgan fingerprint density at radius 3 is 2.73 bits per heavy atom. The van der Waals surface area contributed by atoms with Crippen LogP contribution in [0.15, 0.2) is 72.7 Å². The number of halogens is 2. The number of benzene rings is 2. The van der Waals surface area contributed by atoms with Crippen LogP contribution in [0.25, 0.3) is 33.3 Å². The normalized spacial score (nSPS) is 11.6. The van der Waals surface area contributed by atoms with E-state index in [1.54, 1.807) is 24.7 Å². The summed E-state index contributed by atoms with van der Waals surface area (Å²) >= 11 is 0. The predicted molar refractivity (Wildman–Crippen MR) is 126 cm³/mol. The van der Waals surface area contributed by atoms with E-state index in [1.165, 1.54) is 6.07 Å². The molecule has 0 unspecified atom stereocenters. The second-order valence-corrected chi connectivity index (χ2v) is 7.82. The molecule has 0 bridgehead atoms. The topological polar surface area (TPSA) is 73.1 Å². The van der Waals surface area contributed by atoms with E-state index in [2.05, 4.69) is 10.4 Å². The second-order valence-electron chi connectivity index (χ2n) is 7.82. The number of hydrogen-bond acceptors (Lipinski definition) is 5. The number of hydrazine groups is 1. The van der Waals surface area contributed by atoms with Gasteiger partial charge in [-0.3, -0.25) is 10.8 Å². The molecule has 0 atom stereocenters. The number of rotatable bonds is 7. The first-order valence-electron chi connectivity index (χ1n) is 10.5. The number of pyridine rings is 2. The van der Waals surface area contributed by atoms with Crippen LogP contribution in [0.5, 0.6) is 5.75 Å². The molecule has 7 heteroatoms. The fourth-order valence-electron chi connectivity index (χ4n) is 3.64. The molecule has 0 aliphatic rings. The molecule has 0 amide bonds. The van der Waals surface area contributed by atoms with Gasteiger partial charge in [0, 0.05) is 41.5 Å². The summed E-state index contributed by atoms with van der Waals surface area (Å²) in [6, 6.07) is 12.7. The van der Waals surface area contributed by atoms with Gasteiger partial charge >= 0.3 is 0 Å². The summed E-state index contributed by atoms with van der Waals surface area (Å²) in [5, 5.41) is 0.801. The molecule has 33 heavy (non-hydrogen) atoms. The SMILES string of the molecule is C/C(=C\NN)CCOc1cc(-c2cc(F)ccc2F)cc2c(C)cc(-c3cccnc3)nc12. The molecule has 0 radical (unpaired) electrons. The Morgan fingerprint density at radius 1 is 1.12 bits per heavy atom. The molecule has 0 saturated heterocycles. The average molecular weight is 447 g/mol. The Hall–Kier alpha value is -3.84. The van der Waals surface area contributed by atoms with Gasteiger partial charge in [-0.05, 0) is 73.5 Å². The molecule has 0 aliphatic heterocycles. The molecule has 2 aromatic heterocycles. The van der Waals surface area contributed by atoms with Crippen molar-refractivity contribution in [3.63, 3.8) is 0 Å². The maximum Gasteiger partial charge on any atom is 0.146 e. The number of ether oxygens (including phenoxy) is 1. The van der Waals surface area contributed by atoms with E-state index in [0.29, 0.717) is 29.9 Å². The van der Waals surface area contributed by atoms with Crippen LogP contribution in [-0.2, 0) is 0 Å². The summed E-state index contributed by atoms with van der Waals surface area (Å²) in [6.07, 6.45) is 5.78. The van der Waals surface area contributed by atoms with Crippen LogP contribution >= 0.6 is 0 Å². The van der Waals surface area contributed by atoms with E-state index < -0.39 is 11.6 Å². The molecule has 4 aromatic rings. The lowest BCUT2D eigenvalue weighted by Gasteiger charge is -2.15. The zero-order valence-electron chi connectivity index (χ0n) is 18.4. The van der Waals surface area contributed by atoms with Gasteiger partial charge in [0.25, 0.3) is 0 Å². The van der Waals surface area contributed by atoms with Gasteiger partial charge in [-0.25, -0.2) is 13.8 Å². The zero-order chi connectivity index (χ0) is 23.4. The third-order valence-electron chi connectivity index (χ3n) is 5.37. The maximum absolute atomic E-state index is 14.6. The average Bonchev–Trinajstić information content (AvgIpc) is 2.81. The summed E-state index contributed by atoms with van der Waals surface area (Å²) in [7, 11) is 0. The highest BCUT2D eigenvalue weighted by molar-refractivity contribution is 5.93. The minimum atomic E-state index is -0.509. The summed E-state index contributed by atoms with van der Waals surface area (Å²) in [6.45, 7) is 4.26. The van der Waals surface area contributed by atoms with Crippen molar-refractivity contribution < 1.29 is 13.5 Å².